The number of amides is 3. The molecular weight excluding hydrogens is 503 g/mol. The van der Waals surface area contributed by atoms with Crippen LogP contribution in [0.25, 0.3) is 0 Å². The van der Waals surface area contributed by atoms with E-state index in [9.17, 15) is 28.7 Å². The van der Waals surface area contributed by atoms with E-state index in [1.54, 1.807) is 42.0 Å². The number of piperidine rings is 1. The number of carbonyl (C=O) groups is 4. The van der Waals surface area contributed by atoms with Crippen LogP contribution in [-0.2, 0) is 9.59 Å². The number of benzene rings is 2. The Hall–Kier alpha value is -3.95. The number of hydrogen-bond acceptors (Lipinski definition) is 5. The second-order valence-corrected chi connectivity index (χ2v) is 10.8. The first-order valence-electron chi connectivity index (χ1n) is 13.1. The summed E-state index contributed by atoms with van der Waals surface area (Å²) in [6.45, 7) is 7.92. The zero-order valence-electron chi connectivity index (χ0n) is 22.9. The molecule has 0 radical (unpaired) electrons. The minimum absolute atomic E-state index is 0.0481. The van der Waals surface area contributed by atoms with Crippen molar-refractivity contribution < 1.29 is 28.7 Å². The number of anilines is 1. The molecule has 2 aliphatic rings. The predicted molar refractivity (Wildman–Crippen MR) is 144 cm³/mol. The summed E-state index contributed by atoms with van der Waals surface area (Å²) in [5, 5.41) is 12.0. The van der Waals surface area contributed by atoms with E-state index in [0.717, 1.165) is 11.3 Å². The van der Waals surface area contributed by atoms with Crippen molar-refractivity contribution in [2.75, 3.05) is 25.0 Å². The topological polar surface area (TPSA) is 110 Å². The number of nitrogens with one attached hydrogen (secondary N) is 1. The standard InChI is InChI=1S/C29H35FN4O5/c1-17(2)24(31-25(35)22-16-18(3)6-11-23(22)30)26(36)33-14-12-29(13-15-33)28(39)32(5)19(4)34(29)21-9-7-20(8-10-21)27(37)38/h6-11,16-17,19,24H,12-15H2,1-5H3,(H,31,35)(H,37,38)/t19-,24-/m1/s1. The molecule has 2 aliphatic heterocycles. The van der Waals surface area contributed by atoms with Gasteiger partial charge < -0.3 is 25.1 Å². The van der Waals surface area contributed by atoms with Gasteiger partial charge in [-0.25, -0.2) is 9.18 Å². The summed E-state index contributed by atoms with van der Waals surface area (Å²) in [6, 6.07) is 9.87. The van der Waals surface area contributed by atoms with Crippen LogP contribution in [0.5, 0.6) is 0 Å². The van der Waals surface area contributed by atoms with E-state index in [-0.39, 0.29) is 35.0 Å². The number of carboxylic acids is 1. The molecule has 2 fully saturated rings. The number of likely N-dealkylation sites (N-methyl/N-ethyl adjacent to an activating group) is 1. The van der Waals surface area contributed by atoms with Crippen molar-refractivity contribution in [3.05, 3.63) is 65.0 Å². The SMILES string of the molecule is Cc1ccc(F)c(C(=O)N[C@@H](C(=O)N2CCC3(CC2)C(=O)N(C)[C@@H](C)N3c2ccc(C(=O)O)cc2)C(C)C)c1. The summed E-state index contributed by atoms with van der Waals surface area (Å²) in [5.74, 6) is -2.88. The summed E-state index contributed by atoms with van der Waals surface area (Å²) in [4.78, 5) is 56.7. The molecule has 2 N–H and O–H groups in total. The van der Waals surface area contributed by atoms with Crippen molar-refractivity contribution in [3.63, 3.8) is 0 Å². The maximum Gasteiger partial charge on any atom is 0.335 e. The third kappa shape index (κ3) is 5.07. The molecule has 39 heavy (non-hydrogen) atoms. The van der Waals surface area contributed by atoms with Gasteiger partial charge in [0.1, 0.15) is 23.6 Å². The fourth-order valence-corrected chi connectivity index (χ4v) is 5.65. The van der Waals surface area contributed by atoms with Crippen LogP contribution in [0, 0.1) is 18.7 Å². The minimum atomic E-state index is -1.03. The van der Waals surface area contributed by atoms with E-state index in [4.69, 9.17) is 0 Å². The van der Waals surface area contributed by atoms with Crippen LogP contribution in [0.2, 0.25) is 0 Å². The zero-order valence-corrected chi connectivity index (χ0v) is 22.9. The summed E-state index contributed by atoms with van der Waals surface area (Å²) in [5.41, 5.74) is 0.642. The summed E-state index contributed by atoms with van der Waals surface area (Å²) in [7, 11) is 1.74. The summed E-state index contributed by atoms with van der Waals surface area (Å²) >= 11 is 0. The predicted octanol–water partition coefficient (Wildman–Crippen LogP) is 3.27. The molecule has 0 aliphatic carbocycles. The molecule has 9 nitrogen and oxygen atoms in total. The highest BCUT2D eigenvalue weighted by Crippen LogP contribution is 2.42. The minimum Gasteiger partial charge on any atom is -0.478 e. The molecule has 2 atom stereocenters. The van der Waals surface area contributed by atoms with E-state index in [2.05, 4.69) is 5.32 Å². The Morgan fingerprint density at radius 3 is 2.26 bits per heavy atom. The van der Waals surface area contributed by atoms with E-state index in [0.29, 0.717) is 25.9 Å². The molecule has 2 heterocycles. The van der Waals surface area contributed by atoms with Gasteiger partial charge in [0.25, 0.3) is 5.91 Å². The summed E-state index contributed by atoms with van der Waals surface area (Å²) < 4.78 is 14.3. The molecule has 0 saturated carbocycles. The van der Waals surface area contributed by atoms with Crippen molar-refractivity contribution in [1.29, 1.82) is 0 Å². The van der Waals surface area contributed by atoms with E-state index < -0.39 is 29.3 Å². The number of nitrogens with zero attached hydrogens (tertiary/aromatic N) is 3. The van der Waals surface area contributed by atoms with Crippen molar-refractivity contribution in [2.45, 2.75) is 58.3 Å². The smallest absolute Gasteiger partial charge is 0.335 e. The molecule has 0 bridgehead atoms. The maximum absolute atomic E-state index is 14.3. The Bertz CT molecular complexity index is 1290. The normalized spacial score (nSPS) is 19.5. The van der Waals surface area contributed by atoms with Crippen LogP contribution in [0.4, 0.5) is 10.1 Å². The Morgan fingerprint density at radius 1 is 1.08 bits per heavy atom. The van der Waals surface area contributed by atoms with Crippen LogP contribution >= 0.6 is 0 Å². The van der Waals surface area contributed by atoms with Gasteiger partial charge in [-0.05, 0) is 69.0 Å². The lowest BCUT2D eigenvalue weighted by Gasteiger charge is -2.45. The van der Waals surface area contributed by atoms with Gasteiger partial charge in [0, 0.05) is 25.8 Å². The first-order chi connectivity index (χ1) is 18.4. The molecule has 208 valence electrons. The lowest BCUT2D eigenvalue weighted by molar-refractivity contribution is -0.139. The van der Waals surface area contributed by atoms with Gasteiger partial charge >= 0.3 is 5.97 Å². The van der Waals surface area contributed by atoms with Gasteiger partial charge in [-0.2, -0.15) is 0 Å². The fraction of sp³-hybridized carbons (Fsp3) is 0.448. The Labute approximate surface area is 227 Å². The van der Waals surface area contributed by atoms with Crippen molar-refractivity contribution >= 4 is 29.4 Å². The third-order valence-corrected chi connectivity index (χ3v) is 7.99. The third-order valence-electron chi connectivity index (χ3n) is 7.99. The van der Waals surface area contributed by atoms with Crippen molar-refractivity contribution in [1.82, 2.24) is 15.1 Å². The number of aromatic carboxylic acids is 1. The Kier molecular flexibility index (Phi) is 7.68. The van der Waals surface area contributed by atoms with Gasteiger partial charge in [0.05, 0.1) is 11.1 Å². The zero-order chi connectivity index (χ0) is 28.6. The van der Waals surface area contributed by atoms with Crippen molar-refractivity contribution in [2.24, 2.45) is 5.92 Å². The van der Waals surface area contributed by atoms with Crippen LogP contribution in [0.1, 0.15) is 59.9 Å². The van der Waals surface area contributed by atoms with Gasteiger partial charge in [-0.15, -0.1) is 0 Å². The number of carbonyl (C=O) groups excluding carboxylic acids is 3. The Balaban J connectivity index is 1.53. The molecule has 0 aromatic heterocycles. The Morgan fingerprint density at radius 2 is 1.69 bits per heavy atom. The first kappa shape index (κ1) is 28.1. The van der Waals surface area contributed by atoms with Gasteiger partial charge in [0.15, 0.2) is 0 Å². The first-order valence-corrected chi connectivity index (χ1v) is 13.1. The average molecular weight is 539 g/mol. The number of halogens is 1. The van der Waals surface area contributed by atoms with E-state index in [1.165, 1.54) is 24.3 Å². The number of aryl methyl sites for hydroxylation is 1. The second kappa shape index (κ2) is 10.7. The quantitative estimate of drug-likeness (QED) is 0.584. The maximum atomic E-state index is 14.3. The number of rotatable bonds is 6. The molecular formula is C29H35FN4O5. The molecule has 2 aromatic rings. The number of hydrogen-bond donors (Lipinski definition) is 2. The van der Waals surface area contributed by atoms with Crippen LogP contribution in [0.3, 0.4) is 0 Å². The average Bonchev–Trinajstić information content (AvgIpc) is 3.08. The van der Waals surface area contributed by atoms with Crippen LogP contribution in [0.15, 0.2) is 42.5 Å². The fourth-order valence-electron chi connectivity index (χ4n) is 5.65. The van der Waals surface area contributed by atoms with Crippen LogP contribution < -0.4 is 10.2 Å². The van der Waals surface area contributed by atoms with Gasteiger partial charge in [-0.1, -0.05) is 25.5 Å². The number of likely N-dealkylation sites (tertiary alicyclic amines) is 1. The lowest BCUT2D eigenvalue weighted by Crippen LogP contribution is -2.60. The number of carboxylic acid groups (broad SMARTS) is 1. The highest BCUT2D eigenvalue weighted by molar-refractivity contribution is 5.98. The van der Waals surface area contributed by atoms with E-state index >= 15 is 0 Å². The van der Waals surface area contributed by atoms with Crippen molar-refractivity contribution in [3.8, 4) is 0 Å². The molecule has 3 amide bonds. The molecule has 2 aromatic carbocycles. The molecule has 4 rings (SSSR count). The van der Waals surface area contributed by atoms with Gasteiger partial charge in [-0.3, -0.25) is 14.4 Å². The largest absolute Gasteiger partial charge is 0.478 e. The molecule has 2 saturated heterocycles. The van der Waals surface area contributed by atoms with Crippen LogP contribution in [-0.4, -0.2) is 76.5 Å². The van der Waals surface area contributed by atoms with E-state index in [1.807, 2.05) is 25.7 Å². The lowest BCUT2D eigenvalue weighted by atomic mass is 9.84. The highest BCUT2D eigenvalue weighted by Gasteiger charge is 2.56. The second-order valence-electron chi connectivity index (χ2n) is 10.8. The highest BCUT2D eigenvalue weighted by atomic mass is 19.1. The van der Waals surface area contributed by atoms with Gasteiger partial charge in [0.2, 0.25) is 11.8 Å². The monoisotopic (exact) mass is 538 g/mol. The molecule has 10 heteroatoms. The molecule has 0 unspecified atom stereocenters. The summed E-state index contributed by atoms with van der Waals surface area (Å²) in [6.07, 6.45) is 0.485. The molecule has 1 spiro atoms.